The Balaban J connectivity index is 1.61. The predicted molar refractivity (Wildman–Crippen MR) is 102 cm³/mol. The van der Waals surface area contributed by atoms with Gasteiger partial charge in [-0.25, -0.2) is 4.39 Å². The van der Waals surface area contributed by atoms with Gasteiger partial charge in [0.15, 0.2) is 0 Å². The highest BCUT2D eigenvalue weighted by molar-refractivity contribution is 8.05. The molecule has 3 aliphatic heterocycles. The molecule has 0 amide bonds. The van der Waals surface area contributed by atoms with Crippen LogP contribution in [0.15, 0.2) is 47.1 Å². The number of allylic oxidation sites excluding steroid dienone is 2. The van der Waals surface area contributed by atoms with Crippen LogP contribution in [0.3, 0.4) is 0 Å². The number of nitrogens with one attached hydrogen (secondary N) is 1. The standard InChI is InChI=1S/C19H20ClFN2OS/c20-18-6-5-16-19(25-18)15(2-1-9-23-10-7-22-8-11-23)14-4-3-13(21)12-17(14)24-16/h2-6,12,18,22H,1,7-11H2. The Morgan fingerprint density at radius 3 is 3.04 bits per heavy atom. The molecule has 1 N–H and O–H groups in total. The molecule has 3 nitrogen and oxygen atoms in total. The van der Waals surface area contributed by atoms with Crippen molar-refractivity contribution >= 4 is 28.9 Å². The molecule has 1 saturated heterocycles. The average Bonchev–Trinajstić information content (AvgIpc) is 2.62. The van der Waals surface area contributed by atoms with Crippen LogP contribution in [0.25, 0.3) is 5.57 Å². The second kappa shape index (κ2) is 7.54. The Morgan fingerprint density at radius 2 is 2.20 bits per heavy atom. The molecule has 0 saturated carbocycles. The van der Waals surface area contributed by atoms with Crippen LogP contribution in [0.4, 0.5) is 4.39 Å². The maximum absolute atomic E-state index is 13.6. The van der Waals surface area contributed by atoms with E-state index in [-0.39, 0.29) is 10.5 Å². The van der Waals surface area contributed by atoms with E-state index in [2.05, 4.69) is 16.3 Å². The maximum atomic E-state index is 13.6. The summed E-state index contributed by atoms with van der Waals surface area (Å²) in [5.74, 6) is 1.05. The van der Waals surface area contributed by atoms with Crippen molar-refractivity contribution in [3.05, 3.63) is 58.5 Å². The van der Waals surface area contributed by atoms with Crippen molar-refractivity contribution in [3.63, 3.8) is 0 Å². The SMILES string of the molecule is Fc1ccc2c(c1)OC1=C(SC(Cl)C=C1)C2=CCCN1CCNCC1. The lowest BCUT2D eigenvalue weighted by molar-refractivity contribution is 0.245. The van der Waals surface area contributed by atoms with Crippen LogP contribution in [-0.4, -0.2) is 42.3 Å². The molecule has 1 aromatic carbocycles. The molecule has 3 aliphatic rings. The minimum atomic E-state index is -0.286. The maximum Gasteiger partial charge on any atom is 0.141 e. The number of rotatable bonds is 3. The summed E-state index contributed by atoms with van der Waals surface area (Å²) in [5.41, 5.74) is 2.04. The van der Waals surface area contributed by atoms with Gasteiger partial charge in [-0.15, -0.1) is 11.6 Å². The molecule has 0 aliphatic carbocycles. The highest BCUT2D eigenvalue weighted by Crippen LogP contribution is 2.48. The van der Waals surface area contributed by atoms with E-state index in [4.69, 9.17) is 16.3 Å². The second-order valence-corrected chi connectivity index (χ2v) is 8.14. The Morgan fingerprint density at radius 1 is 1.36 bits per heavy atom. The molecule has 6 heteroatoms. The van der Waals surface area contributed by atoms with Crippen LogP contribution in [-0.2, 0) is 0 Å². The van der Waals surface area contributed by atoms with E-state index >= 15 is 0 Å². The molecular formula is C19H20ClFN2OS. The number of halogens is 2. The summed E-state index contributed by atoms with van der Waals surface area (Å²) < 4.78 is 19.4. The Hall–Kier alpha value is -1.27. The van der Waals surface area contributed by atoms with Gasteiger partial charge in [-0.3, -0.25) is 0 Å². The Bertz CT molecular complexity index is 756. The molecule has 0 bridgehead atoms. The van der Waals surface area contributed by atoms with E-state index < -0.39 is 0 Å². The van der Waals surface area contributed by atoms with Gasteiger partial charge in [0.2, 0.25) is 0 Å². The number of fused-ring (bicyclic) bond motifs is 1. The van der Waals surface area contributed by atoms with Gasteiger partial charge in [0, 0.05) is 44.4 Å². The number of hydrogen-bond donors (Lipinski definition) is 1. The zero-order valence-corrected chi connectivity index (χ0v) is 15.4. The van der Waals surface area contributed by atoms with Gasteiger partial charge in [-0.05, 0) is 30.2 Å². The highest BCUT2D eigenvalue weighted by atomic mass is 35.5. The molecule has 1 aromatic rings. The van der Waals surface area contributed by atoms with Crippen molar-refractivity contribution < 1.29 is 9.13 Å². The molecule has 25 heavy (non-hydrogen) atoms. The second-order valence-electron chi connectivity index (χ2n) is 6.26. The lowest BCUT2D eigenvalue weighted by Crippen LogP contribution is -2.43. The number of thioether (sulfide) groups is 1. The molecule has 1 atom stereocenters. The molecular weight excluding hydrogens is 359 g/mol. The third-order valence-corrected chi connectivity index (χ3v) is 6.01. The quantitative estimate of drug-likeness (QED) is 0.804. The number of piperazine rings is 1. The Labute approximate surface area is 156 Å². The number of ether oxygens (including phenoxy) is 1. The first kappa shape index (κ1) is 17.2. The monoisotopic (exact) mass is 378 g/mol. The summed E-state index contributed by atoms with van der Waals surface area (Å²) in [6, 6.07) is 4.74. The first-order valence-electron chi connectivity index (χ1n) is 8.55. The van der Waals surface area contributed by atoms with Gasteiger partial charge in [0.1, 0.15) is 22.0 Å². The first-order chi connectivity index (χ1) is 12.2. The predicted octanol–water partition coefficient (Wildman–Crippen LogP) is 3.98. The van der Waals surface area contributed by atoms with E-state index in [9.17, 15) is 4.39 Å². The molecule has 1 unspecified atom stereocenters. The zero-order valence-electron chi connectivity index (χ0n) is 13.8. The van der Waals surface area contributed by atoms with Gasteiger partial charge in [-0.1, -0.05) is 23.9 Å². The molecule has 3 heterocycles. The van der Waals surface area contributed by atoms with Crippen molar-refractivity contribution in [2.45, 2.75) is 11.1 Å². The van der Waals surface area contributed by atoms with Crippen LogP contribution in [0.2, 0.25) is 0 Å². The zero-order chi connectivity index (χ0) is 17.2. The molecule has 4 rings (SSSR count). The highest BCUT2D eigenvalue weighted by Gasteiger charge is 2.28. The number of hydrogen-bond acceptors (Lipinski definition) is 4. The van der Waals surface area contributed by atoms with E-state index in [0.717, 1.165) is 60.9 Å². The van der Waals surface area contributed by atoms with Crippen LogP contribution in [0.1, 0.15) is 12.0 Å². The molecule has 0 aromatic heterocycles. The summed E-state index contributed by atoms with van der Waals surface area (Å²) in [7, 11) is 0. The van der Waals surface area contributed by atoms with Crippen molar-refractivity contribution in [3.8, 4) is 5.75 Å². The number of alkyl halides is 1. The summed E-state index contributed by atoms with van der Waals surface area (Å²) in [6.45, 7) is 5.30. The molecule has 132 valence electrons. The lowest BCUT2D eigenvalue weighted by Gasteiger charge is -2.28. The van der Waals surface area contributed by atoms with Crippen molar-refractivity contribution in [1.82, 2.24) is 10.2 Å². The van der Waals surface area contributed by atoms with Gasteiger partial charge >= 0.3 is 0 Å². The van der Waals surface area contributed by atoms with Crippen LogP contribution in [0, 0.1) is 5.82 Å². The van der Waals surface area contributed by atoms with Gasteiger partial charge < -0.3 is 15.0 Å². The van der Waals surface area contributed by atoms with E-state index in [1.54, 1.807) is 17.8 Å². The minimum Gasteiger partial charge on any atom is -0.455 e. The Kier molecular flexibility index (Phi) is 5.17. The summed E-state index contributed by atoms with van der Waals surface area (Å²) in [4.78, 5) is 3.51. The summed E-state index contributed by atoms with van der Waals surface area (Å²) >= 11 is 7.87. The summed E-state index contributed by atoms with van der Waals surface area (Å²) in [5, 5.41) is 3.37. The van der Waals surface area contributed by atoms with Crippen molar-refractivity contribution in [2.75, 3.05) is 32.7 Å². The normalized spacial score (nSPS) is 24.9. The fourth-order valence-corrected chi connectivity index (χ4v) is 4.57. The topological polar surface area (TPSA) is 24.5 Å². The fraction of sp³-hybridized carbons (Fsp3) is 0.368. The van der Waals surface area contributed by atoms with Crippen molar-refractivity contribution in [1.29, 1.82) is 0 Å². The summed E-state index contributed by atoms with van der Waals surface area (Å²) in [6.07, 6.45) is 6.97. The van der Waals surface area contributed by atoms with E-state index in [0.29, 0.717) is 5.75 Å². The van der Waals surface area contributed by atoms with Crippen LogP contribution >= 0.6 is 23.4 Å². The molecule has 1 fully saturated rings. The molecule has 0 radical (unpaired) electrons. The third kappa shape index (κ3) is 3.80. The minimum absolute atomic E-state index is 0.110. The van der Waals surface area contributed by atoms with E-state index in [1.807, 2.05) is 12.2 Å². The third-order valence-electron chi connectivity index (χ3n) is 4.55. The number of benzene rings is 1. The van der Waals surface area contributed by atoms with E-state index in [1.165, 1.54) is 12.1 Å². The van der Waals surface area contributed by atoms with Crippen LogP contribution in [0.5, 0.6) is 5.75 Å². The van der Waals surface area contributed by atoms with Crippen LogP contribution < -0.4 is 10.1 Å². The molecule has 0 spiro atoms. The van der Waals surface area contributed by atoms with Gasteiger partial charge in [0.25, 0.3) is 0 Å². The average molecular weight is 379 g/mol. The largest absolute Gasteiger partial charge is 0.455 e. The van der Waals surface area contributed by atoms with Gasteiger partial charge in [-0.2, -0.15) is 0 Å². The lowest BCUT2D eigenvalue weighted by atomic mass is 9.99. The number of nitrogens with zero attached hydrogens (tertiary/aromatic N) is 1. The first-order valence-corrected chi connectivity index (χ1v) is 9.87. The fourth-order valence-electron chi connectivity index (χ4n) is 3.30. The smallest absolute Gasteiger partial charge is 0.141 e. The van der Waals surface area contributed by atoms with Crippen molar-refractivity contribution in [2.24, 2.45) is 0 Å². The van der Waals surface area contributed by atoms with Gasteiger partial charge in [0.05, 0.1) is 4.91 Å².